The average molecular weight is 248 g/mol. The molecule has 1 saturated carbocycles. The van der Waals surface area contributed by atoms with Gasteiger partial charge in [-0.05, 0) is 30.9 Å². The van der Waals surface area contributed by atoms with Gasteiger partial charge in [0.05, 0.1) is 7.11 Å². The minimum absolute atomic E-state index is 0.386. The minimum Gasteiger partial charge on any atom is -0.497 e. The van der Waals surface area contributed by atoms with E-state index in [4.69, 9.17) is 10.5 Å². The number of anilines is 1. The van der Waals surface area contributed by atoms with Crippen LogP contribution in [0.5, 0.6) is 5.75 Å². The lowest BCUT2D eigenvalue weighted by atomic mass is 9.84. The summed E-state index contributed by atoms with van der Waals surface area (Å²) < 4.78 is 5.24. The van der Waals surface area contributed by atoms with E-state index in [9.17, 15) is 0 Å². The van der Waals surface area contributed by atoms with Crippen molar-refractivity contribution in [1.82, 2.24) is 0 Å². The number of nitrogens with two attached hydrogens (primary N) is 1. The largest absolute Gasteiger partial charge is 0.497 e. The van der Waals surface area contributed by atoms with Crippen LogP contribution < -0.4 is 15.8 Å². The zero-order valence-electron chi connectivity index (χ0n) is 11.2. The van der Waals surface area contributed by atoms with Crippen molar-refractivity contribution in [3.05, 3.63) is 24.3 Å². The molecule has 0 heterocycles. The highest BCUT2D eigenvalue weighted by atomic mass is 16.5. The molecule has 1 atom stereocenters. The van der Waals surface area contributed by atoms with Gasteiger partial charge in [0.25, 0.3) is 0 Å². The van der Waals surface area contributed by atoms with Crippen molar-refractivity contribution in [2.45, 2.75) is 38.1 Å². The van der Waals surface area contributed by atoms with Gasteiger partial charge in [-0.15, -0.1) is 0 Å². The van der Waals surface area contributed by atoms with Crippen LogP contribution in [0.2, 0.25) is 0 Å². The fourth-order valence-electron chi connectivity index (χ4n) is 2.83. The van der Waals surface area contributed by atoms with Crippen LogP contribution in [0.1, 0.15) is 32.1 Å². The number of benzene rings is 1. The molecule has 3 nitrogen and oxygen atoms in total. The molecule has 1 aromatic carbocycles. The van der Waals surface area contributed by atoms with Gasteiger partial charge in [0, 0.05) is 24.3 Å². The van der Waals surface area contributed by atoms with E-state index in [2.05, 4.69) is 11.4 Å². The number of hydrogen-bond donors (Lipinski definition) is 2. The number of hydrogen-bond acceptors (Lipinski definition) is 3. The van der Waals surface area contributed by atoms with Crippen molar-refractivity contribution >= 4 is 5.69 Å². The maximum absolute atomic E-state index is 5.93. The smallest absolute Gasteiger partial charge is 0.120 e. The third-order valence-corrected chi connectivity index (χ3v) is 3.89. The monoisotopic (exact) mass is 248 g/mol. The molecule has 0 spiro atoms. The summed E-state index contributed by atoms with van der Waals surface area (Å²) in [5, 5.41) is 3.57. The summed E-state index contributed by atoms with van der Waals surface area (Å²) in [6.45, 7) is 0.696. The van der Waals surface area contributed by atoms with E-state index in [0.29, 0.717) is 12.6 Å². The molecule has 2 rings (SSSR count). The molecule has 1 fully saturated rings. The summed E-state index contributed by atoms with van der Waals surface area (Å²) in [6, 6.07) is 8.47. The zero-order valence-corrected chi connectivity index (χ0v) is 11.2. The fraction of sp³-hybridized carbons (Fsp3) is 0.600. The Kier molecular flexibility index (Phi) is 4.88. The number of methoxy groups -OCH3 is 1. The van der Waals surface area contributed by atoms with Crippen molar-refractivity contribution in [2.24, 2.45) is 11.7 Å². The van der Waals surface area contributed by atoms with Crippen molar-refractivity contribution in [1.29, 1.82) is 0 Å². The molecule has 0 saturated heterocycles. The summed E-state index contributed by atoms with van der Waals surface area (Å²) >= 11 is 0. The standard InChI is InChI=1S/C15H24N2O/c1-18-14-9-5-8-13(10-14)17-15(11-16)12-6-3-2-4-7-12/h5,8-10,12,15,17H,2-4,6-7,11,16H2,1H3. The highest BCUT2D eigenvalue weighted by molar-refractivity contribution is 5.49. The molecule has 3 N–H and O–H groups in total. The van der Waals surface area contributed by atoms with Crippen LogP contribution in [0.4, 0.5) is 5.69 Å². The summed E-state index contributed by atoms with van der Waals surface area (Å²) in [7, 11) is 1.70. The molecule has 0 radical (unpaired) electrons. The third-order valence-electron chi connectivity index (χ3n) is 3.89. The van der Waals surface area contributed by atoms with E-state index in [1.807, 2.05) is 18.2 Å². The van der Waals surface area contributed by atoms with Gasteiger partial charge in [-0.25, -0.2) is 0 Å². The van der Waals surface area contributed by atoms with E-state index in [0.717, 1.165) is 17.4 Å². The van der Waals surface area contributed by atoms with Crippen LogP contribution in [-0.4, -0.2) is 19.7 Å². The van der Waals surface area contributed by atoms with Crippen molar-refractivity contribution in [3.8, 4) is 5.75 Å². The number of rotatable bonds is 5. The van der Waals surface area contributed by atoms with Gasteiger partial charge >= 0.3 is 0 Å². The quantitative estimate of drug-likeness (QED) is 0.842. The molecule has 0 amide bonds. The van der Waals surface area contributed by atoms with Gasteiger partial charge in [0.15, 0.2) is 0 Å². The van der Waals surface area contributed by atoms with Gasteiger partial charge in [-0.3, -0.25) is 0 Å². The Morgan fingerprint density at radius 3 is 2.78 bits per heavy atom. The maximum Gasteiger partial charge on any atom is 0.120 e. The molecule has 100 valence electrons. The van der Waals surface area contributed by atoms with Gasteiger partial charge in [-0.1, -0.05) is 25.3 Å². The fourth-order valence-corrected chi connectivity index (χ4v) is 2.83. The van der Waals surface area contributed by atoms with Crippen LogP contribution in [0.3, 0.4) is 0 Å². The number of ether oxygens (including phenoxy) is 1. The Morgan fingerprint density at radius 1 is 1.33 bits per heavy atom. The van der Waals surface area contributed by atoms with Gasteiger partial charge in [0.1, 0.15) is 5.75 Å². The first kappa shape index (κ1) is 13.2. The minimum atomic E-state index is 0.386. The summed E-state index contributed by atoms with van der Waals surface area (Å²) in [5.74, 6) is 1.61. The molecule has 0 bridgehead atoms. The molecule has 3 heteroatoms. The van der Waals surface area contributed by atoms with E-state index in [-0.39, 0.29) is 0 Å². The second-order valence-electron chi connectivity index (χ2n) is 5.12. The van der Waals surface area contributed by atoms with Gasteiger partial charge < -0.3 is 15.8 Å². The molecule has 1 aliphatic carbocycles. The molecular formula is C15H24N2O. The Labute approximate surface area is 110 Å². The maximum atomic E-state index is 5.93. The first-order chi connectivity index (χ1) is 8.83. The normalized spacial score (nSPS) is 18.3. The topological polar surface area (TPSA) is 47.3 Å². The molecule has 1 unspecified atom stereocenters. The average Bonchev–Trinajstić information content (AvgIpc) is 2.46. The lowest BCUT2D eigenvalue weighted by molar-refractivity contribution is 0.320. The van der Waals surface area contributed by atoms with E-state index < -0.39 is 0 Å². The molecule has 18 heavy (non-hydrogen) atoms. The summed E-state index contributed by atoms with van der Waals surface area (Å²) in [4.78, 5) is 0. The van der Waals surface area contributed by atoms with Crippen LogP contribution in [0, 0.1) is 5.92 Å². The second kappa shape index (κ2) is 6.64. The first-order valence-electron chi connectivity index (χ1n) is 6.94. The predicted octanol–water partition coefficient (Wildman–Crippen LogP) is 3.01. The lowest BCUT2D eigenvalue weighted by Crippen LogP contribution is -2.37. The predicted molar refractivity (Wildman–Crippen MR) is 76.0 cm³/mol. The van der Waals surface area contributed by atoms with Crippen molar-refractivity contribution < 1.29 is 4.74 Å². The Bertz CT molecular complexity index is 361. The zero-order chi connectivity index (χ0) is 12.8. The molecular weight excluding hydrogens is 224 g/mol. The van der Waals surface area contributed by atoms with Crippen LogP contribution in [0.25, 0.3) is 0 Å². The van der Waals surface area contributed by atoms with Gasteiger partial charge in [0.2, 0.25) is 0 Å². The lowest BCUT2D eigenvalue weighted by Gasteiger charge is -2.30. The van der Waals surface area contributed by atoms with Gasteiger partial charge in [-0.2, -0.15) is 0 Å². The van der Waals surface area contributed by atoms with E-state index >= 15 is 0 Å². The summed E-state index contributed by atoms with van der Waals surface area (Å²) in [6.07, 6.45) is 6.69. The van der Waals surface area contributed by atoms with E-state index in [1.54, 1.807) is 7.11 Å². The molecule has 1 aliphatic rings. The molecule has 0 aliphatic heterocycles. The number of nitrogens with one attached hydrogen (secondary N) is 1. The Morgan fingerprint density at radius 2 is 2.11 bits per heavy atom. The highest BCUT2D eigenvalue weighted by Gasteiger charge is 2.22. The Balaban J connectivity index is 1.99. The third kappa shape index (κ3) is 3.39. The van der Waals surface area contributed by atoms with Crippen LogP contribution >= 0.6 is 0 Å². The van der Waals surface area contributed by atoms with Crippen LogP contribution in [0.15, 0.2) is 24.3 Å². The highest BCUT2D eigenvalue weighted by Crippen LogP contribution is 2.28. The SMILES string of the molecule is COc1cccc(NC(CN)C2CCCCC2)c1. The first-order valence-corrected chi connectivity index (χ1v) is 6.94. The van der Waals surface area contributed by atoms with E-state index in [1.165, 1.54) is 32.1 Å². The Hall–Kier alpha value is -1.22. The molecule has 1 aromatic rings. The van der Waals surface area contributed by atoms with Crippen molar-refractivity contribution in [2.75, 3.05) is 19.0 Å². The van der Waals surface area contributed by atoms with Crippen molar-refractivity contribution in [3.63, 3.8) is 0 Å². The second-order valence-corrected chi connectivity index (χ2v) is 5.12. The summed E-state index contributed by atoms with van der Waals surface area (Å²) in [5.41, 5.74) is 7.04. The molecule has 0 aromatic heterocycles. The van der Waals surface area contributed by atoms with Crippen LogP contribution in [-0.2, 0) is 0 Å².